The number of carbonyl (C=O) groups excluding carboxylic acids is 1. The Labute approximate surface area is 175 Å². The molecular formula is C24H37FN2O2. The maximum atomic E-state index is 13.8. The number of halogens is 1. The predicted molar refractivity (Wildman–Crippen MR) is 114 cm³/mol. The molecule has 2 saturated carbocycles. The van der Waals surface area contributed by atoms with Crippen molar-refractivity contribution in [1.29, 1.82) is 0 Å². The molecule has 1 aromatic rings. The van der Waals surface area contributed by atoms with Crippen molar-refractivity contribution in [1.82, 2.24) is 10.6 Å². The lowest BCUT2D eigenvalue weighted by Crippen LogP contribution is -2.38. The van der Waals surface area contributed by atoms with Crippen molar-refractivity contribution in [2.45, 2.75) is 76.7 Å². The molecule has 2 aliphatic carbocycles. The van der Waals surface area contributed by atoms with Crippen molar-refractivity contribution < 1.29 is 13.9 Å². The zero-order valence-electron chi connectivity index (χ0n) is 17.6. The topological polar surface area (TPSA) is 50.4 Å². The fourth-order valence-electron chi connectivity index (χ4n) is 4.63. The molecule has 0 aliphatic heterocycles. The summed E-state index contributed by atoms with van der Waals surface area (Å²) in [5.74, 6) is 0.779. The second kappa shape index (κ2) is 12.3. The van der Waals surface area contributed by atoms with E-state index in [1.807, 2.05) is 18.2 Å². The minimum Gasteiger partial charge on any atom is -0.374 e. The van der Waals surface area contributed by atoms with E-state index >= 15 is 0 Å². The van der Waals surface area contributed by atoms with Gasteiger partial charge in [-0.25, -0.2) is 4.39 Å². The fourth-order valence-corrected chi connectivity index (χ4v) is 4.63. The third kappa shape index (κ3) is 8.06. The highest BCUT2D eigenvalue weighted by atomic mass is 19.1. The van der Waals surface area contributed by atoms with E-state index in [1.54, 1.807) is 0 Å². The average Bonchev–Trinajstić information content (AvgIpc) is 2.75. The van der Waals surface area contributed by atoms with Gasteiger partial charge in [0.15, 0.2) is 0 Å². The molecule has 0 spiro atoms. The van der Waals surface area contributed by atoms with Crippen molar-refractivity contribution >= 4 is 5.91 Å². The number of carbonyl (C=O) groups is 1. The summed E-state index contributed by atoms with van der Waals surface area (Å²) in [6, 6.07) is 10.3. The average molecular weight is 405 g/mol. The Bertz CT molecular complexity index is 590. The molecule has 0 bridgehead atoms. The Kier molecular flexibility index (Phi) is 9.42. The molecule has 0 saturated heterocycles. The maximum Gasteiger partial charge on any atom is 0.233 e. The summed E-state index contributed by atoms with van der Waals surface area (Å²) in [4.78, 5) is 12.0. The van der Waals surface area contributed by atoms with Gasteiger partial charge < -0.3 is 15.4 Å². The Morgan fingerprint density at radius 2 is 1.79 bits per heavy atom. The number of alkyl halides is 1. The van der Waals surface area contributed by atoms with Crippen LogP contribution in [0.1, 0.15) is 63.4 Å². The van der Waals surface area contributed by atoms with Crippen molar-refractivity contribution in [3.63, 3.8) is 0 Å². The molecular weight excluding hydrogens is 367 g/mol. The van der Waals surface area contributed by atoms with Gasteiger partial charge in [-0.3, -0.25) is 4.79 Å². The minimum atomic E-state index is -0.675. The summed E-state index contributed by atoms with van der Waals surface area (Å²) >= 11 is 0. The van der Waals surface area contributed by atoms with Gasteiger partial charge in [-0.1, -0.05) is 43.2 Å². The lowest BCUT2D eigenvalue weighted by atomic mass is 9.85. The highest BCUT2D eigenvalue weighted by Crippen LogP contribution is 2.29. The summed E-state index contributed by atoms with van der Waals surface area (Å²) < 4.78 is 19.9. The Morgan fingerprint density at radius 3 is 2.55 bits per heavy atom. The summed E-state index contributed by atoms with van der Waals surface area (Å²) in [5, 5.41) is 6.24. The Balaban J connectivity index is 1.20. The van der Waals surface area contributed by atoms with Crippen LogP contribution in [0.15, 0.2) is 30.3 Å². The number of ether oxygens (including phenoxy) is 1. The summed E-state index contributed by atoms with van der Waals surface area (Å²) in [5.41, 5.74) is 1.23. The van der Waals surface area contributed by atoms with E-state index in [0.717, 1.165) is 57.9 Å². The lowest BCUT2D eigenvalue weighted by Gasteiger charge is -2.28. The van der Waals surface area contributed by atoms with Crippen molar-refractivity contribution in [2.75, 3.05) is 19.6 Å². The molecule has 29 heavy (non-hydrogen) atoms. The van der Waals surface area contributed by atoms with Gasteiger partial charge >= 0.3 is 0 Å². The highest BCUT2D eigenvalue weighted by Gasteiger charge is 2.24. The van der Waals surface area contributed by atoms with Crippen LogP contribution < -0.4 is 10.6 Å². The van der Waals surface area contributed by atoms with Gasteiger partial charge in [0.1, 0.15) is 6.17 Å². The van der Waals surface area contributed by atoms with Crippen LogP contribution in [0.5, 0.6) is 0 Å². The molecule has 0 aromatic heterocycles. The molecule has 1 amide bonds. The molecule has 1 aromatic carbocycles. The van der Waals surface area contributed by atoms with Gasteiger partial charge in [-0.15, -0.1) is 0 Å². The Morgan fingerprint density at radius 1 is 1.03 bits per heavy atom. The van der Waals surface area contributed by atoms with Gasteiger partial charge in [0.05, 0.1) is 19.3 Å². The summed E-state index contributed by atoms with van der Waals surface area (Å²) in [6.45, 7) is 2.52. The molecule has 2 aliphatic rings. The van der Waals surface area contributed by atoms with Gasteiger partial charge in [-0.2, -0.15) is 0 Å². The molecule has 5 heteroatoms. The number of hydrogen-bond acceptors (Lipinski definition) is 3. The van der Waals surface area contributed by atoms with E-state index in [9.17, 15) is 9.18 Å². The first-order chi connectivity index (χ1) is 14.2. The first kappa shape index (κ1) is 22.2. The van der Waals surface area contributed by atoms with Gasteiger partial charge in [0, 0.05) is 6.54 Å². The molecule has 0 radical (unpaired) electrons. The van der Waals surface area contributed by atoms with Crippen LogP contribution in [0.25, 0.3) is 0 Å². The number of nitrogens with one attached hydrogen (secondary N) is 2. The van der Waals surface area contributed by atoms with E-state index in [4.69, 9.17) is 4.74 Å². The molecule has 0 heterocycles. The third-order valence-corrected chi connectivity index (χ3v) is 6.49. The molecule has 2 fully saturated rings. The summed E-state index contributed by atoms with van der Waals surface area (Å²) in [7, 11) is 0. The van der Waals surface area contributed by atoms with Crippen LogP contribution in [-0.4, -0.2) is 37.8 Å². The lowest BCUT2D eigenvalue weighted by molar-refractivity contribution is -0.120. The highest BCUT2D eigenvalue weighted by molar-refractivity contribution is 5.77. The third-order valence-electron chi connectivity index (χ3n) is 6.49. The largest absolute Gasteiger partial charge is 0.374 e. The van der Waals surface area contributed by atoms with Crippen LogP contribution in [0, 0.1) is 11.8 Å². The van der Waals surface area contributed by atoms with Gasteiger partial charge in [0.2, 0.25) is 5.91 Å². The second-order valence-electron chi connectivity index (χ2n) is 8.77. The van der Waals surface area contributed by atoms with E-state index in [-0.39, 0.29) is 11.8 Å². The number of hydrogen-bond donors (Lipinski definition) is 2. The summed E-state index contributed by atoms with van der Waals surface area (Å²) in [6.07, 6.45) is 8.72. The van der Waals surface area contributed by atoms with Crippen molar-refractivity contribution in [3.05, 3.63) is 35.9 Å². The number of benzene rings is 1. The van der Waals surface area contributed by atoms with Gasteiger partial charge in [-0.05, 0) is 68.9 Å². The molecule has 2 N–H and O–H groups in total. The zero-order valence-corrected chi connectivity index (χ0v) is 17.6. The van der Waals surface area contributed by atoms with Crippen molar-refractivity contribution in [3.8, 4) is 0 Å². The first-order valence-electron chi connectivity index (χ1n) is 11.5. The molecule has 4 nitrogen and oxygen atoms in total. The van der Waals surface area contributed by atoms with Crippen LogP contribution in [0.4, 0.5) is 4.39 Å². The first-order valence-corrected chi connectivity index (χ1v) is 11.5. The van der Waals surface area contributed by atoms with Crippen LogP contribution >= 0.6 is 0 Å². The minimum absolute atomic E-state index is 0.0242. The molecule has 3 rings (SSSR count). The number of rotatable bonds is 10. The van der Waals surface area contributed by atoms with Crippen LogP contribution in [0.3, 0.4) is 0 Å². The van der Waals surface area contributed by atoms with Gasteiger partial charge in [0.25, 0.3) is 0 Å². The Hall–Kier alpha value is -1.46. The van der Waals surface area contributed by atoms with E-state index < -0.39 is 6.17 Å². The van der Waals surface area contributed by atoms with Crippen LogP contribution in [-0.2, 0) is 16.1 Å². The zero-order chi connectivity index (χ0) is 20.3. The van der Waals surface area contributed by atoms with Crippen molar-refractivity contribution in [2.24, 2.45) is 11.8 Å². The fraction of sp³-hybridized carbons (Fsp3) is 0.708. The van der Waals surface area contributed by atoms with E-state index in [1.165, 1.54) is 5.56 Å². The monoisotopic (exact) mass is 404 g/mol. The SMILES string of the molecule is O=C(CNCC1CCC(OCc2ccccc2)CC1)NCCC1CCCCC1F. The van der Waals surface area contributed by atoms with Crippen LogP contribution in [0.2, 0.25) is 0 Å². The molecule has 162 valence electrons. The second-order valence-corrected chi connectivity index (χ2v) is 8.77. The number of amides is 1. The standard InChI is InChI=1S/C24H37FN2O2/c25-23-9-5-4-8-21(23)14-15-27-24(28)17-26-16-19-10-12-22(13-11-19)29-18-20-6-2-1-3-7-20/h1-3,6-7,19,21-23,26H,4-5,8-18H2,(H,27,28). The maximum absolute atomic E-state index is 13.8. The van der Waals surface area contributed by atoms with E-state index in [2.05, 4.69) is 22.8 Å². The van der Waals surface area contributed by atoms with E-state index in [0.29, 0.717) is 38.1 Å². The molecule has 2 unspecified atom stereocenters. The predicted octanol–water partition coefficient (Wildman–Crippen LogP) is 4.39. The molecule has 2 atom stereocenters. The normalized spacial score (nSPS) is 27.5. The smallest absolute Gasteiger partial charge is 0.233 e. The quantitative estimate of drug-likeness (QED) is 0.608.